The van der Waals surface area contributed by atoms with Gasteiger partial charge in [-0.1, -0.05) is 11.8 Å². The van der Waals surface area contributed by atoms with Crippen molar-refractivity contribution in [2.45, 2.75) is 13.8 Å². The maximum absolute atomic E-state index is 2.99. The molecule has 0 N–H and O–H groups in total. The van der Waals surface area contributed by atoms with Crippen LogP contribution in [0, 0.1) is 86.9 Å². The van der Waals surface area contributed by atoms with E-state index in [-0.39, 0.29) is 17.1 Å². The summed E-state index contributed by atoms with van der Waals surface area (Å²) >= 11 is 0. The fourth-order valence-corrected chi connectivity index (χ4v) is 1.23. The first-order valence-corrected chi connectivity index (χ1v) is 5.16. The average Bonchev–Trinajstić information content (AvgIpc) is 2.93. The van der Waals surface area contributed by atoms with Crippen molar-refractivity contribution < 1.29 is 17.1 Å². The van der Waals surface area contributed by atoms with E-state index in [9.17, 15) is 0 Å². The fourth-order valence-electron chi connectivity index (χ4n) is 1.23. The Hall–Kier alpha value is -0.361. The summed E-state index contributed by atoms with van der Waals surface area (Å²) in [4.78, 5) is 0. The van der Waals surface area contributed by atoms with Crippen LogP contribution in [0.4, 0.5) is 0 Å². The SMILES string of the molecule is CC#C[C]1[CH][CH][CH][C]1C#CC.[CH]1[CH][CH][CH][CH]1.[Fe+2]. The van der Waals surface area contributed by atoms with Gasteiger partial charge in [0.1, 0.15) is 0 Å². The minimum Gasteiger partial charge on any atom is -0.106 e. The van der Waals surface area contributed by atoms with Gasteiger partial charge in [-0.25, -0.2) is 0 Å². The Balaban J connectivity index is 0.000000360. The molecule has 2 rings (SSSR count). The second-order valence-corrected chi connectivity index (χ2v) is 3.07. The molecular weight excluding hydrogens is 248 g/mol. The van der Waals surface area contributed by atoms with Gasteiger partial charge in [0, 0.05) is 0 Å². The molecular formula is C16H14Fe+2. The molecule has 0 bridgehead atoms. The average molecular weight is 262 g/mol. The predicted molar refractivity (Wildman–Crippen MR) is 67.8 cm³/mol. The van der Waals surface area contributed by atoms with Crippen LogP contribution >= 0.6 is 0 Å². The molecule has 17 heavy (non-hydrogen) atoms. The van der Waals surface area contributed by atoms with Gasteiger partial charge >= 0.3 is 17.1 Å². The normalized spacial score (nSPS) is 18.9. The first-order valence-electron chi connectivity index (χ1n) is 5.16. The van der Waals surface area contributed by atoms with E-state index in [1.165, 1.54) is 0 Å². The molecule has 1 heteroatoms. The van der Waals surface area contributed by atoms with Gasteiger partial charge in [0.05, 0.1) is 11.8 Å². The van der Waals surface area contributed by atoms with Crippen LogP contribution in [0.3, 0.4) is 0 Å². The first-order chi connectivity index (χ1) is 7.88. The quantitative estimate of drug-likeness (QED) is 0.465. The van der Waals surface area contributed by atoms with E-state index in [4.69, 9.17) is 0 Å². The summed E-state index contributed by atoms with van der Waals surface area (Å²) in [7, 11) is 0. The van der Waals surface area contributed by atoms with Gasteiger partial charge < -0.3 is 0 Å². The van der Waals surface area contributed by atoms with Crippen molar-refractivity contribution in [1.29, 1.82) is 0 Å². The maximum Gasteiger partial charge on any atom is 2.00 e. The molecule has 0 spiro atoms. The minimum absolute atomic E-state index is 0. The summed E-state index contributed by atoms with van der Waals surface area (Å²) in [5, 5.41) is 0. The van der Waals surface area contributed by atoms with E-state index < -0.39 is 0 Å². The molecule has 0 heterocycles. The zero-order valence-corrected chi connectivity index (χ0v) is 11.1. The third-order valence-corrected chi connectivity index (χ3v) is 1.89. The van der Waals surface area contributed by atoms with E-state index in [1.54, 1.807) is 0 Å². The van der Waals surface area contributed by atoms with Gasteiger partial charge in [0.2, 0.25) is 0 Å². The molecule has 0 amide bonds. The van der Waals surface area contributed by atoms with Crippen LogP contribution in [0.1, 0.15) is 13.8 Å². The van der Waals surface area contributed by atoms with Crippen molar-refractivity contribution in [2.75, 3.05) is 0 Å². The van der Waals surface area contributed by atoms with E-state index in [0.717, 1.165) is 11.8 Å². The largest absolute Gasteiger partial charge is 2.00 e. The minimum atomic E-state index is 0. The Labute approximate surface area is 118 Å². The van der Waals surface area contributed by atoms with E-state index in [0.29, 0.717) is 0 Å². The summed E-state index contributed by atoms with van der Waals surface area (Å²) in [6, 6.07) is 0. The predicted octanol–water partition coefficient (Wildman–Crippen LogP) is 2.83. The van der Waals surface area contributed by atoms with Gasteiger partial charge in [-0.05, 0) is 65.2 Å². The van der Waals surface area contributed by atoms with Gasteiger partial charge in [0.15, 0.2) is 0 Å². The van der Waals surface area contributed by atoms with Crippen molar-refractivity contribution in [3.8, 4) is 23.7 Å². The summed E-state index contributed by atoms with van der Waals surface area (Å²) in [6.07, 6.45) is 15.9. The second kappa shape index (κ2) is 10.8. The zero-order valence-electron chi connectivity index (χ0n) is 9.97. The molecule has 0 aromatic carbocycles. The van der Waals surface area contributed by atoms with Crippen molar-refractivity contribution in [3.63, 3.8) is 0 Å². The van der Waals surface area contributed by atoms with Crippen LogP contribution in [0.15, 0.2) is 0 Å². The van der Waals surface area contributed by atoms with Gasteiger partial charge in [-0.2, -0.15) is 0 Å². The van der Waals surface area contributed by atoms with Gasteiger partial charge in [0.25, 0.3) is 0 Å². The third-order valence-electron chi connectivity index (χ3n) is 1.89. The Kier molecular flexibility index (Phi) is 10.5. The van der Waals surface area contributed by atoms with Crippen LogP contribution in [0.5, 0.6) is 0 Å². The topological polar surface area (TPSA) is 0 Å². The molecule has 0 saturated heterocycles. The van der Waals surface area contributed by atoms with Crippen molar-refractivity contribution >= 4 is 0 Å². The standard InChI is InChI=1S/C11H9.C5H5.Fe/c1-3-6-10-8-5-9-11(10)7-4-2;1-2-4-5-3-1;/h5,8-9H,1-2H3;1-5H;/q;;+2. The Morgan fingerprint density at radius 3 is 1.29 bits per heavy atom. The van der Waals surface area contributed by atoms with Crippen LogP contribution in [0.25, 0.3) is 0 Å². The molecule has 0 unspecified atom stereocenters. The number of hydrogen-bond donors (Lipinski definition) is 0. The summed E-state index contributed by atoms with van der Waals surface area (Å²) in [6.45, 7) is 3.66. The molecule has 0 aromatic rings. The van der Waals surface area contributed by atoms with Crippen molar-refractivity contribution in [3.05, 3.63) is 63.2 Å². The Bertz CT molecular complexity index is 259. The second-order valence-electron chi connectivity index (χ2n) is 3.07. The zero-order chi connectivity index (χ0) is 11.6. The number of hydrogen-bond acceptors (Lipinski definition) is 0. The molecule has 10 radical (unpaired) electrons. The van der Waals surface area contributed by atoms with Crippen LogP contribution in [-0.4, -0.2) is 0 Å². The van der Waals surface area contributed by atoms with Gasteiger partial charge in [-0.3, -0.25) is 0 Å². The maximum atomic E-state index is 2.99. The van der Waals surface area contributed by atoms with E-state index in [2.05, 4.69) is 23.7 Å². The monoisotopic (exact) mass is 262 g/mol. The van der Waals surface area contributed by atoms with Crippen LogP contribution in [0.2, 0.25) is 0 Å². The molecule has 0 aromatic heterocycles. The molecule has 0 nitrogen and oxygen atoms in total. The first kappa shape index (κ1) is 16.6. The smallest absolute Gasteiger partial charge is 0.106 e. The van der Waals surface area contributed by atoms with Crippen molar-refractivity contribution in [2.24, 2.45) is 0 Å². The molecule has 2 saturated carbocycles. The Morgan fingerprint density at radius 1 is 0.647 bits per heavy atom. The third kappa shape index (κ3) is 6.83. The van der Waals surface area contributed by atoms with Gasteiger partial charge in [-0.15, -0.1) is 11.8 Å². The molecule has 84 valence electrons. The van der Waals surface area contributed by atoms with Crippen molar-refractivity contribution in [1.82, 2.24) is 0 Å². The molecule has 2 aliphatic rings. The molecule has 0 atom stereocenters. The molecule has 0 aliphatic heterocycles. The molecule has 2 aliphatic carbocycles. The molecule has 2 fully saturated rings. The van der Waals surface area contributed by atoms with E-state index >= 15 is 0 Å². The summed E-state index contributed by atoms with van der Waals surface area (Å²) < 4.78 is 0. The summed E-state index contributed by atoms with van der Waals surface area (Å²) in [5.41, 5.74) is 0. The van der Waals surface area contributed by atoms with E-state index in [1.807, 2.05) is 65.2 Å². The van der Waals surface area contributed by atoms with Crippen LogP contribution in [-0.2, 0) is 17.1 Å². The Morgan fingerprint density at radius 2 is 1.00 bits per heavy atom. The van der Waals surface area contributed by atoms with Crippen LogP contribution < -0.4 is 0 Å². The summed E-state index contributed by atoms with van der Waals surface area (Å²) in [5.74, 6) is 13.7. The number of rotatable bonds is 0. The fraction of sp³-hybridized carbons (Fsp3) is 0.125.